The number of nitrogens with zero attached hydrogens (tertiary/aromatic N) is 4. The summed E-state index contributed by atoms with van der Waals surface area (Å²) in [5, 5.41) is 15.1. The minimum absolute atomic E-state index is 0.0939. The second-order valence-corrected chi connectivity index (χ2v) is 13.6. The maximum Gasteiger partial charge on any atom is 0.320 e. The summed E-state index contributed by atoms with van der Waals surface area (Å²) >= 11 is 0. The van der Waals surface area contributed by atoms with Crippen LogP contribution in [0.3, 0.4) is 0 Å². The molecular weight excluding hydrogens is 527 g/mol. The van der Waals surface area contributed by atoms with Gasteiger partial charge in [-0.05, 0) is 79.9 Å². The van der Waals surface area contributed by atoms with Crippen LogP contribution in [0.4, 0.5) is 4.39 Å². The zero-order valence-electron chi connectivity index (χ0n) is 25.7. The number of rotatable bonds is 10. The summed E-state index contributed by atoms with van der Waals surface area (Å²) in [5.74, 6) is -0.135. The number of benzene rings is 2. The van der Waals surface area contributed by atoms with E-state index < -0.39 is 12.0 Å². The zero-order valence-corrected chi connectivity index (χ0v) is 25.7. The number of hydrogen-bond donors (Lipinski definition) is 1. The van der Waals surface area contributed by atoms with E-state index in [9.17, 15) is 14.3 Å². The van der Waals surface area contributed by atoms with Crippen LogP contribution in [0.1, 0.15) is 81.3 Å². The average Bonchev–Trinajstić information content (AvgIpc) is 3.56. The van der Waals surface area contributed by atoms with E-state index >= 15 is 0 Å². The fraction of sp³-hybridized carbons (Fsp3) is 0.543. The molecule has 0 radical (unpaired) electrons. The van der Waals surface area contributed by atoms with Gasteiger partial charge < -0.3 is 10.0 Å². The van der Waals surface area contributed by atoms with Gasteiger partial charge in [-0.1, -0.05) is 63.2 Å². The molecule has 3 aromatic rings. The van der Waals surface area contributed by atoms with Gasteiger partial charge >= 0.3 is 5.97 Å². The minimum atomic E-state index is -0.761. The monoisotopic (exact) mass is 574 g/mol. The van der Waals surface area contributed by atoms with Gasteiger partial charge in [-0.3, -0.25) is 14.4 Å². The van der Waals surface area contributed by atoms with E-state index in [2.05, 4.69) is 72.5 Å². The van der Waals surface area contributed by atoms with Crippen molar-refractivity contribution in [3.8, 4) is 0 Å². The number of halogens is 1. The highest BCUT2D eigenvalue weighted by molar-refractivity contribution is 5.73. The van der Waals surface area contributed by atoms with Gasteiger partial charge in [-0.2, -0.15) is 5.10 Å². The topological polar surface area (TPSA) is 61.6 Å². The summed E-state index contributed by atoms with van der Waals surface area (Å²) in [4.78, 5) is 17.1. The van der Waals surface area contributed by atoms with E-state index in [-0.39, 0.29) is 23.1 Å². The molecule has 42 heavy (non-hydrogen) atoms. The SMILES string of the molecule is CCn1nc(Cc2ccccc2)cc1C1CCN(C[C@H]2CN([C@H](CC(C)(C)C)C(=O)O)C[C@@H]2c2cccc(F)c2)CC1. The smallest absolute Gasteiger partial charge is 0.320 e. The zero-order chi connectivity index (χ0) is 29.9. The maximum atomic E-state index is 14.3. The van der Waals surface area contributed by atoms with Crippen LogP contribution in [-0.4, -0.2) is 69.4 Å². The van der Waals surface area contributed by atoms with Crippen LogP contribution in [0.25, 0.3) is 0 Å². The lowest BCUT2D eigenvalue weighted by molar-refractivity contribution is -0.144. The summed E-state index contributed by atoms with van der Waals surface area (Å²) in [6.07, 6.45) is 3.61. The summed E-state index contributed by atoms with van der Waals surface area (Å²) < 4.78 is 16.5. The third-order valence-electron chi connectivity index (χ3n) is 9.17. The van der Waals surface area contributed by atoms with Crippen molar-refractivity contribution >= 4 is 5.97 Å². The predicted molar refractivity (Wildman–Crippen MR) is 165 cm³/mol. The Bertz CT molecular complexity index is 1330. The Morgan fingerprint density at radius 3 is 2.43 bits per heavy atom. The van der Waals surface area contributed by atoms with E-state index in [1.54, 1.807) is 12.1 Å². The molecule has 1 aromatic heterocycles. The molecule has 3 atom stereocenters. The van der Waals surface area contributed by atoms with Crippen LogP contribution in [0.5, 0.6) is 0 Å². The first-order chi connectivity index (χ1) is 20.1. The lowest BCUT2D eigenvalue weighted by Gasteiger charge is -2.35. The predicted octanol–water partition coefficient (Wildman–Crippen LogP) is 6.42. The van der Waals surface area contributed by atoms with Crippen molar-refractivity contribution in [2.75, 3.05) is 32.7 Å². The molecule has 2 aliphatic rings. The molecule has 2 aliphatic heterocycles. The van der Waals surface area contributed by atoms with E-state index in [0.29, 0.717) is 18.9 Å². The van der Waals surface area contributed by atoms with Crippen molar-refractivity contribution in [2.24, 2.45) is 11.3 Å². The van der Waals surface area contributed by atoms with Crippen LogP contribution in [0.15, 0.2) is 60.7 Å². The minimum Gasteiger partial charge on any atom is -0.480 e. The Hall–Kier alpha value is -3.03. The number of aliphatic carboxylic acids is 1. The summed E-state index contributed by atoms with van der Waals surface area (Å²) in [7, 11) is 0. The average molecular weight is 575 g/mol. The van der Waals surface area contributed by atoms with Gasteiger partial charge in [-0.15, -0.1) is 0 Å². The summed E-state index contributed by atoms with van der Waals surface area (Å²) in [6.45, 7) is 13.6. The first-order valence-electron chi connectivity index (χ1n) is 15.6. The molecule has 2 aromatic carbocycles. The molecule has 2 saturated heterocycles. The Morgan fingerprint density at radius 1 is 1.05 bits per heavy atom. The molecule has 0 amide bonds. The molecule has 3 heterocycles. The second kappa shape index (κ2) is 13.1. The van der Waals surface area contributed by atoms with Crippen LogP contribution in [0, 0.1) is 17.2 Å². The Labute approximate surface area is 250 Å². The third kappa shape index (κ3) is 7.48. The molecule has 1 N–H and O–H groups in total. The number of aromatic nitrogens is 2. The standard InChI is InChI=1S/C35H47FN4O2/c1-5-40-32(20-30(37-40)18-25-10-7-6-8-11-25)26-14-16-38(17-15-26)22-28-23-39(33(34(41)42)21-35(2,3)4)24-31(28)27-12-9-13-29(36)19-27/h6-13,19-20,26,28,31,33H,5,14-18,21-24H2,1-4H3,(H,41,42)/t28-,31+,33+/m0/s1. The molecule has 0 saturated carbocycles. The molecule has 6 nitrogen and oxygen atoms in total. The molecule has 0 unspecified atom stereocenters. The summed E-state index contributed by atoms with van der Waals surface area (Å²) in [6, 6.07) is 19.2. The van der Waals surface area contributed by atoms with Gasteiger partial charge in [-0.25, -0.2) is 4.39 Å². The van der Waals surface area contributed by atoms with Gasteiger partial charge in [0.2, 0.25) is 0 Å². The maximum absolute atomic E-state index is 14.3. The van der Waals surface area contributed by atoms with Crippen molar-refractivity contribution in [1.82, 2.24) is 19.6 Å². The highest BCUT2D eigenvalue weighted by Gasteiger charge is 2.41. The fourth-order valence-electron chi connectivity index (χ4n) is 7.11. The van der Waals surface area contributed by atoms with Gasteiger partial charge in [0, 0.05) is 50.1 Å². The van der Waals surface area contributed by atoms with E-state index in [1.165, 1.54) is 17.3 Å². The van der Waals surface area contributed by atoms with Gasteiger partial charge in [0.05, 0.1) is 5.69 Å². The van der Waals surface area contributed by atoms with Crippen LogP contribution in [0.2, 0.25) is 0 Å². The molecule has 5 rings (SSSR count). The molecule has 226 valence electrons. The van der Waals surface area contributed by atoms with Gasteiger partial charge in [0.15, 0.2) is 0 Å². The Balaban J connectivity index is 1.26. The molecule has 0 spiro atoms. The lowest BCUT2D eigenvalue weighted by Crippen LogP contribution is -2.43. The molecular formula is C35H47FN4O2. The van der Waals surface area contributed by atoms with Crippen molar-refractivity contribution in [1.29, 1.82) is 0 Å². The van der Waals surface area contributed by atoms with Gasteiger partial charge in [0.1, 0.15) is 11.9 Å². The molecule has 0 bridgehead atoms. The second-order valence-electron chi connectivity index (χ2n) is 13.6. The van der Waals surface area contributed by atoms with E-state index in [0.717, 1.165) is 63.2 Å². The van der Waals surface area contributed by atoms with Crippen LogP contribution < -0.4 is 0 Å². The van der Waals surface area contributed by atoms with Crippen molar-refractivity contribution in [3.63, 3.8) is 0 Å². The number of carboxylic acid groups (broad SMARTS) is 1. The molecule has 0 aliphatic carbocycles. The van der Waals surface area contributed by atoms with E-state index in [1.807, 2.05) is 12.1 Å². The number of aryl methyl sites for hydroxylation is 1. The Kier molecular flexibility index (Phi) is 9.48. The lowest BCUT2D eigenvalue weighted by atomic mass is 9.87. The first kappa shape index (κ1) is 30.4. The normalized spacial score (nSPS) is 21.5. The van der Waals surface area contributed by atoms with Crippen molar-refractivity contribution in [3.05, 3.63) is 89.0 Å². The number of piperidine rings is 1. The summed E-state index contributed by atoms with van der Waals surface area (Å²) in [5.41, 5.74) is 4.65. The van der Waals surface area contributed by atoms with Crippen LogP contribution >= 0.6 is 0 Å². The van der Waals surface area contributed by atoms with Crippen molar-refractivity contribution in [2.45, 2.75) is 77.8 Å². The Morgan fingerprint density at radius 2 is 1.79 bits per heavy atom. The number of likely N-dealkylation sites (tertiary alicyclic amines) is 2. The number of hydrogen-bond acceptors (Lipinski definition) is 4. The highest BCUT2D eigenvalue weighted by Crippen LogP contribution is 2.38. The van der Waals surface area contributed by atoms with Crippen LogP contribution in [-0.2, 0) is 17.8 Å². The van der Waals surface area contributed by atoms with E-state index in [4.69, 9.17) is 5.10 Å². The highest BCUT2D eigenvalue weighted by atomic mass is 19.1. The molecule has 7 heteroatoms. The number of carboxylic acids is 1. The fourth-order valence-corrected chi connectivity index (χ4v) is 7.11. The first-order valence-corrected chi connectivity index (χ1v) is 15.6. The van der Waals surface area contributed by atoms with Crippen molar-refractivity contribution < 1.29 is 14.3 Å². The quantitative estimate of drug-likeness (QED) is 0.303. The van der Waals surface area contributed by atoms with Gasteiger partial charge in [0.25, 0.3) is 0 Å². The number of carbonyl (C=O) groups is 1. The molecule has 2 fully saturated rings. The largest absolute Gasteiger partial charge is 0.480 e. The third-order valence-corrected chi connectivity index (χ3v) is 9.17.